The van der Waals surface area contributed by atoms with Gasteiger partial charge >= 0.3 is 0 Å². The number of rotatable bonds is 5. The second-order valence-corrected chi connectivity index (χ2v) is 6.45. The highest BCUT2D eigenvalue weighted by molar-refractivity contribution is 6.03. The largest absolute Gasteiger partial charge is 0.488 e. The number of aromatic nitrogens is 1. The van der Waals surface area contributed by atoms with Crippen LogP contribution in [0.1, 0.15) is 38.5 Å². The Labute approximate surface area is 153 Å². The van der Waals surface area contributed by atoms with E-state index in [1.807, 2.05) is 63.2 Å². The second-order valence-electron chi connectivity index (χ2n) is 6.45. The minimum absolute atomic E-state index is 0.218. The first-order chi connectivity index (χ1) is 12.4. The Morgan fingerprint density at radius 3 is 2.62 bits per heavy atom. The molecule has 26 heavy (non-hydrogen) atoms. The van der Waals surface area contributed by atoms with Crippen LogP contribution < -0.4 is 10.1 Å². The summed E-state index contributed by atoms with van der Waals surface area (Å²) >= 11 is 0. The van der Waals surface area contributed by atoms with E-state index in [1.165, 1.54) is 0 Å². The molecule has 134 valence electrons. The molecule has 0 atom stereocenters. The summed E-state index contributed by atoms with van der Waals surface area (Å²) in [6.07, 6.45) is 0. The zero-order chi connectivity index (χ0) is 18.7. The van der Waals surface area contributed by atoms with Crippen molar-refractivity contribution < 1.29 is 14.1 Å². The standard InChI is InChI=1S/C21H22N2O3/c1-13-6-5-7-17(10-13)22-21(24)20-18(16(4)26-23-20)12-25-19-11-14(2)8-9-15(19)3/h5-11H,12H2,1-4H3,(H,22,24). The van der Waals surface area contributed by atoms with Crippen molar-refractivity contribution in [1.29, 1.82) is 0 Å². The van der Waals surface area contributed by atoms with Crippen LogP contribution in [0.4, 0.5) is 5.69 Å². The van der Waals surface area contributed by atoms with Gasteiger partial charge in [-0.3, -0.25) is 4.79 Å². The summed E-state index contributed by atoms with van der Waals surface area (Å²) in [5.41, 5.74) is 4.83. The van der Waals surface area contributed by atoms with Crippen molar-refractivity contribution in [2.75, 3.05) is 5.32 Å². The normalized spacial score (nSPS) is 10.6. The number of hydrogen-bond donors (Lipinski definition) is 1. The molecule has 0 radical (unpaired) electrons. The van der Waals surface area contributed by atoms with Crippen molar-refractivity contribution in [2.24, 2.45) is 0 Å². The fraction of sp³-hybridized carbons (Fsp3) is 0.238. The van der Waals surface area contributed by atoms with Gasteiger partial charge in [0.15, 0.2) is 5.69 Å². The van der Waals surface area contributed by atoms with Crippen LogP contribution in [-0.4, -0.2) is 11.1 Å². The number of benzene rings is 2. The first kappa shape index (κ1) is 17.7. The molecule has 2 aromatic carbocycles. The third-order valence-electron chi connectivity index (χ3n) is 4.19. The molecule has 1 heterocycles. The van der Waals surface area contributed by atoms with E-state index in [4.69, 9.17) is 9.26 Å². The number of ether oxygens (including phenoxy) is 1. The van der Waals surface area contributed by atoms with Crippen LogP contribution in [0.5, 0.6) is 5.75 Å². The van der Waals surface area contributed by atoms with Crippen molar-refractivity contribution in [3.63, 3.8) is 0 Å². The molecule has 0 spiro atoms. The highest BCUT2D eigenvalue weighted by Crippen LogP contribution is 2.23. The third-order valence-corrected chi connectivity index (χ3v) is 4.19. The summed E-state index contributed by atoms with van der Waals surface area (Å²) in [4.78, 5) is 12.6. The predicted molar refractivity (Wildman–Crippen MR) is 101 cm³/mol. The minimum atomic E-state index is -0.313. The number of carbonyl (C=O) groups is 1. The topological polar surface area (TPSA) is 64.4 Å². The number of amides is 1. The Morgan fingerprint density at radius 2 is 1.85 bits per heavy atom. The van der Waals surface area contributed by atoms with Crippen molar-refractivity contribution in [1.82, 2.24) is 5.16 Å². The molecule has 0 aliphatic carbocycles. The van der Waals surface area contributed by atoms with Gasteiger partial charge < -0.3 is 14.6 Å². The third kappa shape index (κ3) is 3.94. The lowest BCUT2D eigenvalue weighted by atomic mass is 10.1. The average Bonchev–Trinajstić information content (AvgIpc) is 2.96. The molecule has 0 aliphatic heterocycles. The van der Waals surface area contributed by atoms with E-state index >= 15 is 0 Å². The van der Waals surface area contributed by atoms with Gasteiger partial charge in [-0.25, -0.2) is 0 Å². The van der Waals surface area contributed by atoms with E-state index in [2.05, 4.69) is 10.5 Å². The summed E-state index contributed by atoms with van der Waals surface area (Å²) < 4.78 is 11.2. The average molecular weight is 350 g/mol. The molecule has 0 saturated heterocycles. The first-order valence-corrected chi connectivity index (χ1v) is 8.47. The van der Waals surface area contributed by atoms with Gasteiger partial charge in [-0.1, -0.05) is 29.4 Å². The van der Waals surface area contributed by atoms with Crippen molar-refractivity contribution in [2.45, 2.75) is 34.3 Å². The molecular weight excluding hydrogens is 328 g/mol. The molecule has 1 N–H and O–H groups in total. The van der Waals surface area contributed by atoms with E-state index < -0.39 is 0 Å². The summed E-state index contributed by atoms with van der Waals surface area (Å²) in [6.45, 7) is 7.96. The monoisotopic (exact) mass is 350 g/mol. The molecule has 5 heteroatoms. The first-order valence-electron chi connectivity index (χ1n) is 8.47. The number of nitrogens with one attached hydrogen (secondary N) is 1. The minimum Gasteiger partial charge on any atom is -0.488 e. The van der Waals surface area contributed by atoms with E-state index in [1.54, 1.807) is 6.92 Å². The Hall–Kier alpha value is -3.08. The molecule has 0 fully saturated rings. The SMILES string of the molecule is Cc1cccc(NC(=O)c2noc(C)c2COc2cc(C)ccc2C)c1. The maximum atomic E-state index is 12.6. The van der Waals surface area contributed by atoms with Crippen LogP contribution >= 0.6 is 0 Å². The van der Waals surface area contributed by atoms with Crippen LogP contribution in [0.2, 0.25) is 0 Å². The van der Waals surface area contributed by atoms with Crippen LogP contribution in [0.3, 0.4) is 0 Å². The fourth-order valence-electron chi connectivity index (χ4n) is 2.67. The summed E-state index contributed by atoms with van der Waals surface area (Å²) in [5.74, 6) is 1.05. The molecule has 3 rings (SSSR count). The lowest BCUT2D eigenvalue weighted by molar-refractivity contribution is 0.101. The van der Waals surface area contributed by atoms with Gasteiger partial charge in [-0.2, -0.15) is 0 Å². The van der Waals surface area contributed by atoms with E-state index in [-0.39, 0.29) is 18.2 Å². The van der Waals surface area contributed by atoms with E-state index in [0.717, 1.165) is 28.1 Å². The van der Waals surface area contributed by atoms with Gasteiger partial charge in [0.25, 0.3) is 5.91 Å². The van der Waals surface area contributed by atoms with Gasteiger partial charge in [-0.05, 0) is 62.6 Å². The van der Waals surface area contributed by atoms with Crippen LogP contribution in [-0.2, 0) is 6.61 Å². The number of nitrogens with zero attached hydrogens (tertiary/aromatic N) is 1. The lowest BCUT2D eigenvalue weighted by Crippen LogP contribution is -2.15. The van der Waals surface area contributed by atoms with E-state index in [0.29, 0.717) is 11.3 Å². The highest BCUT2D eigenvalue weighted by atomic mass is 16.5. The molecule has 1 amide bonds. The molecule has 0 aliphatic rings. The Kier molecular flexibility index (Phi) is 5.07. The van der Waals surface area contributed by atoms with Gasteiger partial charge in [-0.15, -0.1) is 0 Å². The van der Waals surface area contributed by atoms with Gasteiger partial charge in [0, 0.05) is 5.69 Å². The predicted octanol–water partition coefficient (Wildman–Crippen LogP) is 4.74. The molecule has 0 saturated carbocycles. The fourth-order valence-corrected chi connectivity index (χ4v) is 2.67. The zero-order valence-electron chi connectivity index (χ0n) is 15.4. The Balaban J connectivity index is 1.78. The van der Waals surface area contributed by atoms with Crippen molar-refractivity contribution in [3.05, 3.63) is 76.2 Å². The van der Waals surface area contributed by atoms with Crippen molar-refractivity contribution >= 4 is 11.6 Å². The molecule has 1 aromatic heterocycles. The van der Waals surface area contributed by atoms with Gasteiger partial charge in [0.05, 0.1) is 5.56 Å². The zero-order valence-corrected chi connectivity index (χ0v) is 15.4. The van der Waals surface area contributed by atoms with E-state index in [9.17, 15) is 4.79 Å². The molecular formula is C21H22N2O3. The molecule has 0 bridgehead atoms. The molecule has 0 unspecified atom stereocenters. The quantitative estimate of drug-likeness (QED) is 0.722. The molecule has 5 nitrogen and oxygen atoms in total. The highest BCUT2D eigenvalue weighted by Gasteiger charge is 2.21. The Morgan fingerprint density at radius 1 is 1.08 bits per heavy atom. The van der Waals surface area contributed by atoms with Gasteiger partial charge in [0.2, 0.25) is 0 Å². The number of anilines is 1. The maximum Gasteiger partial charge on any atom is 0.278 e. The summed E-state index contributed by atoms with van der Waals surface area (Å²) in [6, 6.07) is 13.6. The van der Waals surface area contributed by atoms with Gasteiger partial charge in [0.1, 0.15) is 18.1 Å². The second kappa shape index (κ2) is 7.44. The van der Waals surface area contributed by atoms with Crippen LogP contribution in [0, 0.1) is 27.7 Å². The summed E-state index contributed by atoms with van der Waals surface area (Å²) in [5, 5.41) is 6.77. The number of carbonyl (C=O) groups excluding carboxylic acids is 1. The smallest absolute Gasteiger partial charge is 0.278 e. The summed E-state index contributed by atoms with van der Waals surface area (Å²) in [7, 11) is 0. The van der Waals surface area contributed by atoms with Crippen LogP contribution in [0.15, 0.2) is 47.0 Å². The number of hydrogen-bond acceptors (Lipinski definition) is 4. The Bertz CT molecular complexity index is 944. The molecule has 3 aromatic rings. The number of aryl methyl sites for hydroxylation is 4. The van der Waals surface area contributed by atoms with Crippen molar-refractivity contribution in [3.8, 4) is 5.75 Å². The lowest BCUT2D eigenvalue weighted by Gasteiger charge is -2.10. The maximum absolute atomic E-state index is 12.6. The van der Waals surface area contributed by atoms with Crippen LogP contribution in [0.25, 0.3) is 0 Å².